The molecule has 1 N–H and O–H groups in total. The Hall–Kier alpha value is -1.95. The standard InChI is InChI=1S/C20H30N4O2/c25-19-8-15-23(16-17-5-9-21-10-6-17)12-3-4-18(7-11-22-19)20(26)24-13-1-2-14-24/h5-6,9-10,18H,1-4,7-8,11-16H2,(H,22,25). The summed E-state index contributed by atoms with van der Waals surface area (Å²) in [7, 11) is 0. The largest absolute Gasteiger partial charge is 0.356 e. The van der Waals surface area contributed by atoms with Gasteiger partial charge >= 0.3 is 0 Å². The number of nitrogens with one attached hydrogen (secondary N) is 1. The molecule has 3 heterocycles. The van der Waals surface area contributed by atoms with Crippen molar-refractivity contribution in [2.45, 2.75) is 45.1 Å². The van der Waals surface area contributed by atoms with Gasteiger partial charge in [0.05, 0.1) is 0 Å². The van der Waals surface area contributed by atoms with Gasteiger partial charge in [-0.2, -0.15) is 0 Å². The molecule has 3 rings (SSSR count). The van der Waals surface area contributed by atoms with Gasteiger partial charge in [-0.05, 0) is 56.3 Å². The van der Waals surface area contributed by atoms with E-state index in [1.54, 1.807) is 12.4 Å². The molecule has 6 nitrogen and oxygen atoms in total. The van der Waals surface area contributed by atoms with Crippen molar-refractivity contribution in [3.63, 3.8) is 0 Å². The first-order chi connectivity index (χ1) is 12.7. The van der Waals surface area contributed by atoms with Crippen molar-refractivity contribution < 1.29 is 9.59 Å². The molecule has 142 valence electrons. The molecular weight excluding hydrogens is 328 g/mol. The van der Waals surface area contributed by atoms with Crippen LogP contribution in [0.2, 0.25) is 0 Å². The van der Waals surface area contributed by atoms with Crippen molar-refractivity contribution in [1.82, 2.24) is 20.1 Å². The van der Waals surface area contributed by atoms with Crippen molar-refractivity contribution in [2.75, 3.05) is 32.7 Å². The van der Waals surface area contributed by atoms with Crippen molar-refractivity contribution in [3.05, 3.63) is 30.1 Å². The summed E-state index contributed by atoms with van der Waals surface area (Å²) in [5.41, 5.74) is 1.21. The van der Waals surface area contributed by atoms with E-state index in [-0.39, 0.29) is 17.7 Å². The van der Waals surface area contributed by atoms with E-state index in [4.69, 9.17) is 0 Å². The highest BCUT2D eigenvalue weighted by atomic mass is 16.2. The van der Waals surface area contributed by atoms with Crippen LogP contribution in [0, 0.1) is 5.92 Å². The molecule has 6 heteroatoms. The van der Waals surface area contributed by atoms with Crippen LogP contribution >= 0.6 is 0 Å². The van der Waals surface area contributed by atoms with Crippen LogP contribution in [-0.2, 0) is 16.1 Å². The Morgan fingerprint density at radius 2 is 1.85 bits per heavy atom. The van der Waals surface area contributed by atoms with Crippen molar-refractivity contribution in [2.24, 2.45) is 5.92 Å². The molecule has 1 aromatic rings. The molecule has 26 heavy (non-hydrogen) atoms. The molecule has 1 atom stereocenters. The molecule has 0 aliphatic carbocycles. The zero-order valence-corrected chi connectivity index (χ0v) is 15.5. The average molecular weight is 358 g/mol. The van der Waals surface area contributed by atoms with Gasteiger partial charge in [0.25, 0.3) is 0 Å². The van der Waals surface area contributed by atoms with E-state index in [9.17, 15) is 9.59 Å². The van der Waals surface area contributed by atoms with Crippen LogP contribution in [0.3, 0.4) is 0 Å². The predicted octanol–water partition coefficient (Wildman–Crippen LogP) is 1.81. The highest BCUT2D eigenvalue weighted by molar-refractivity contribution is 5.79. The van der Waals surface area contributed by atoms with Gasteiger partial charge in [-0.1, -0.05) is 0 Å². The molecule has 2 amide bonds. The number of pyridine rings is 1. The van der Waals surface area contributed by atoms with E-state index < -0.39 is 0 Å². The lowest BCUT2D eigenvalue weighted by atomic mass is 9.97. The first kappa shape index (κ1) is 18.8. The summed E-state index contributed by atoms with van der Waals surface area (Å²) in [6.45, 7) is 4.89. The van der Waals surface area contributed by atoms with Crippen molar-refractivity contribution in [3.8, 4) is 0 Å². The minimum absolute atomic E-state index is 0.0364. The van der Waals surface area contributed by atoms with Crippen LogP contribution in [0.1, 0.15) is 44.1 Å². The molecule has 0 spiro atoms. The zero-order valence-electron chi connectivity index (χ0n) is 15.5. The smallest absolute Gasteiger partial charge is 0.225 e. The summed E-state index contributed by atoms with van der Waals surface area (Å²) in [5.74, 6) is 0.407. The summed E-state index contributed by atoms with van der Waals surface area (Å²) in [6.07, 6.45) is 9.00. The third kappa shape index (κ3) is 5.53. The van der Waals surface area contributed by atoms with E-state index in [1.165, 1.54) is 5.56 Å². The van der Waals surface area contributed by atoms with Crippen LogP contribution in [0.15, 0.2) is 24.5 Å². The maximum absolute atomic E-state index is 12.8. The third-order valence-electron chi connectivity index (χ3n) is 5.42. The maximum Gasteiger partial charge on any atom is 0.225 e. The normalized spacial score (nSPS) is 23.3. The number of likely N-dealkylation sites (tertiary alicyclic amines) is 1. The SMILES string of the molecule is O=C1CCN(Cc2ccncc2)CCCC(C(=O)N2CCCC2)CCN1. The number of hydrogen-bond donors (Lipinski definition) is 1. The zero-order chi connectivity index (χ0) is 18.2. The van der Waals surface area contributed by atoms with Gasteiger partial charge in [-0.15, -0.1) is 0 Å². The van der Waals surface area contributed by atoms with Crippen molar-refractivity contribution >= 4 is 11.8 Å². The fourth-order valence-electron chi connectivity index (χ4n) is 3.90. The molecule has 2 aliphatic heterocycles. The minimum atomic E-state index is 0.0364. The van der Waals surface area contributed by atoms with E-state index >= 15 is 0 Å². The Bertz CT molecular complexity index is 587. The Morgan fingerprint density at radius 1 is 1.08 bits per heavy atom. The van der Waals surface area contributed by atoms with E-state index in [0.29, 0.717) is 13.0 Å². The van der Waals surface area contributed by atoms with E-state index in [1.807, 2.05) is 17.0 Å². The molecule has 0 saturated carbocycles. The quantitative estimate of drug-likeness (QED) is 0.895. The van der Waals surface area contributed by atoms with Crippen LogP contribution in [0.25, 0.3) is 0 Å². The van der Waals surface area contributed by atoms with E-state index in [2.05, 4.69) is 15.2 Å². The Labute approximate surface area is 156 Å². The molecule has 2 saturated heterocycles. The van der Waals surface area contributed by atoms with Gasteiger partial charge in [0.1, 0.15) is 0 Å². The molecule has 0 aromatic carbocycles. The van der Waals surface area contributed by atoms with Crippen LogP contribution in [-0.4, -0.2) is 59.3 Å². The minimum Gasteiger partial charge on any atom is -0.356 e. The fraction of sp³-hybridized carbons (Fsp3) is 0.650. The first-order valence-corrected chi connectivity index (χ1v) is 9.89. The predicted molar refractivity (Wildman–Crippen MR) is 100 cm³/mol. The number of nitrogens with zero attached hydrogens (tertiary/aromatic N) is 3. The maximum atomic E-state index is 12.8. The summed E-state index contributed by atoms with van der Waals surface area (Å²) >= 11 is 0. The fourth-order valence-corrected chi connectivity index (χ4v) is 3.90. The summed E-state index contributed by atoms with van der Waals surface area (Å²) in [4.78, 5) is 33.3. The molecule has 2 aliphatic rings. The van der Waals surface area contributed by atoms with Crippen LogP contribution < -0.4 is 5.32 Å². The second-order valence-electron chi connectivity index (χ2n) is 7.39. The lowest BCUT2D eigenvalue weighted by Gasteiger charge is -2.24. The number of aromatic nitrogens is 1. The number of rotatable bonds is 3. The number of carbonyl (C=O) groups is 2. The molecule has 0 radical (unpaired) electrons. The first-order valence-electron chi connectivity index (χ1n) is 9.89. The summed E-state index contributed by atoms with van der Waals surface area (Å²) < 4.78 is 0. The topological polar surface area (TPSA) is 65.5 Å². The second-order valence-corrected chi connectivity index (χ2v) is 7.39. The van der Waals surface area contributed by atoms with Crippen molar-refractivity contribution in [1.29, 1.82) is 0 Å². The Morgan fingerprint density at radius 3 is 2.62 bits per heavy atom. The van der Waals surface area contributed by atoms with Gasteiger partial charge in [0.15, 0.2) is 0 Å². The Kier molecular flexibility index (Phi) is 7.00. The van der Waals surface area contributed by atoms with E-state index in [0.717, 1.165) is 64.8 Å². The lowest BCUT2D eigenvalue weighted by molar-refractivity contribution is -0.135. The summed E-state index contributed by atoms with van der Waals surface area (Å²) in [5, 5.41) is 2.99. The third-order valence-corrected chi connectivity index (χ3v) is 5.42. The van der Waals surface area contributed by atoms with Gasteiger partial charge in [-0.3, -0.25) is 19.5 Å². The van der Waals surface area contributed by atoms with Gasteiger partial charge < -0.3 is 10.2 Å². The number of amides is 2. The second kappa shape index (κ2) is 9.67. The molecule has 1 unspecified atom stereocenters. The molecule has 0 bridgehead atoms. The summed E-state index contributed by atoms with van der Waals surface area (Å²) in [6, 6.07) is 4.04. The highest BCUT2D eigenvalue weighted by Crippen LogP contribution is 2.20. The monoisotopic (exact) mass is 358 g/mol. The van der Waals surface area contributed by atoms with Gasteiger partial charge in [-0.25, -0.2) is 0 Å². The van der Waals surface area contributed by atoms with Crippen LogP contribution in [0.4, 0.5) is 0 Å². The van der Waals surface area contributed by atoms with Gasteiger partial charge in [0.2, 0.25) is 11.8 Å². The molecular formula is C20H30N4O2. The van der Waals surface area contributed by atoms with Crippen LogP contribution in [0.5, 0.6) is 0 Å². The lowest BCUT2D eigenvalue weighted by Crippen LogP contribution is -2.36. The molecule has 1 aromatic heterocycles. The van der Waals surface area contributed by atoms with Gasteiger partial charge in [0, 0.05) is 57.5 Å². The average Bonchev–Trinajstić information content (AvgIpc) is 3.18. The Balaban J connectivity index is 1.60. The number of hydrogen-bond acceptors (Lipinski definition) is 4. The number of carbonyl (C=O) groups excluding carboxylic acids is 2. The molecule has 2 fully saturated rings. The highest BCUT2D eigenvalue weighted by Gasteiger charge is 2.26.